The van der Waals surface area contributed by atoms with Gasteiger partial charge in [0, 0.05) is 23.5 Å². The first-order valence-electron chi connectivity index (χ1n) is 13.9. The van der Waals surface area contributed by atoms with Crippen LogP contribution in [0.5, 0.6) is 0 Å². The van der Waals surface area contributed by atoms with E-state index in [1.54, 1.807) is 4.90 Å². The molecule has 1 fully saturated rings. The van der Waals surface area contributed by atoms with Gasteiger partial charge in [0.05, 0.1) is 11.9 Å². The van der Waals surface area contributed by atoms with Crippen molar-refractivity contribution in [1.29, 1.82) is 0 Å². The van der Waals surface area contributed by atoms with Crippen molar-refractivity contribution >= 4 is 43.5 Å². The third-order valence-corrected chi connectivity index (χ3v) is 9.19. The van der Waals surface area contributed by atoms with Crippen LogP contribution in [0.3, 0.4) is 0 Å². The Kier molecular flexibility index (Phi) is 10.3. The monoisotopic (exact) mass is 639 g/mol. The molecular formula is C32H38BrN3O4S. The van der Waals surface area contributed by atoms with E-state index < -0.39 is 28.5 Å². The summed E-state index contributed by atoms with van der Waals surface area (Å²) >= 11 is 3.51. The molecule has 218 valence electrons. The number of amides is 2. The summed E-state index contributed by atoms with van der Waals surface area (Å²) in [5.74, 6) is -0.664. The van der Waals surface area contributed by atoms with Crippen molar-refractivity contribution in [3.63, 3.8) is 0 Å². The smallest absolute Gasteiger partial charge is 0.244 e. The molecule has 1 aliphatic rings. The second-order valence-corrected chi connectivity index (χ2v) is 13.7. The van der Waals surface area contributed by atoms with Crippen molar-refractivity contribution < 1.29 is 18.0 Å². The number of carbonyl (C=O) groups excluding carboxylic acids is 2. The van der Waals surface area contributed by atoms with Gasteiger partial charge in [-0.2, -0.15) is 0 Å². The van der Waals surface area contributed by atoms with E-state index in [1.807, 2.05) is 86.6 Å². The highest BCUT2D eigenvalue weighted by atomic mass is 79.9. The molecular weight excluding hydrogens is 602 g/mol. The lowest BCUT2D eigenvalue weighted by Crippen LogP contribution is -2.54. The van der Waals surface area contributed by atoms with Crippen LogP contribution in [0, 0.1) is 13.8 Å². The summed E-state index contributed by atoms with van der Waals surface area (Å²) in [6.45, 7) is 3.40. The van der Waals surface area contributed by atoms with Gasteiger partial charge >= 0.3 is 0 Å². The zero-order chi connectivity index (χ0) is 29.6. The summed E-state index contributed by atoms with van der Waals surface area (Å²) in [6, 6.07) is 22.0. The molecule has 4 rings (SSSR count). The number of halogens is 1. The fraction of sp³-hybridized carbons (Fsp3) is 0.375. The first-order chi connectivity index (χ1) is 19.5. The predicted octanol–water partition coefficient (Wildman–Crippen LogP) is 5.53. The number of anilines is 1. The van der Waals surface area contributed by atoms with Crippen molar-refractivity contribution in [3.8, 4) is 0 Å². The van der Waals surface area contributed by atoms with Crippen LogP contribution in [0.4, 0.5) is 5.69 Å². The van der Waals surface area contributed by atoms with Crippen LogP contribution in [0.15, 0.2) is 77.3 Å². The Labute approximate surface area is 252 Å². The van der Waals surface area contributed by atoms with Gasteiger partial charge in [-0.3, -0.25) is 13.9 Å². The maximum atomic E-state index is 14.3. The van der Waals surface area contributed by atoms with E-state index in [2.05, 4.69) is 21.2 Å². The summed E-state index contributed by atoms with van der Waals surface area (Å²) in [5.41, 5.74) is 3.74. The van der Waals surface area contributed by atoms with Crippen LogP contribution in [0.25, 0.3) is 0 Å². The lowest BCUT2D eigenvalue weighted by atomic mass is 10.0. The highest BCUT2D eigenvalue weighted by molar-refractivity contribution is 9.10. The van der Waals surface area contributed by atoms with Crippen LogP contribution in [0.1, 0.15) is 47.9 Å². The molecule has 1 atom stereocenters. The largest absolute Gasteiger partial charge is 0.352 e. The molecule has 1 aliphatic carbocycles. The van der Waals surface area contributed by atoms with Gasteiger partial charge in [0.25, 0.3) is 0 Å². The Morgan fingerprint density at radius 1 is 0.927 bits per heavy atom. The summed E-state index contributed by atoms with van der Waals surface area (Å²) in [5, 5.41) is 3.19. The maximum absolute atomic E-state index is 14.3. The second kappa shape index (κ2) is 13.7. The number of sulfonamides is 1. The van der Waals surface area contributed by atoms with E-state index in [-0.39, 0.29) is 18.5 Å². The van der Waals surface area contributed by atoms with E-state index in [0.29, 0.717) is 12.1 Å². The number of aryl methyl sites for hydroxylation is 2. The van der Waals surface area contributed by atoms with Gasteiger partial charge in [-0.15, -0.1) is 0 Å². The molecule has 9 heteroatoms. The number of carbonyl (C=O) groups is 2. The Morgan fingerprint density at radius 2 is 1.54 bits per heavy atom. The third kappa shape index (κ3) is 8.20. The van der Waals surface area contributed by atoms with Crippen molar-refractivity contribution in [2.24, 2.45) is 0 Å². The Bertz CT molecular complexity index is 1450. The van der Waals surface area contributed by atoms with E-state index >= 15 is 0 Å². The molecule has 0 saturated heterocycles. The minimum absolute atomic E-state index is 0.0748. The molecule has 3 aromatic rings. The lowest BCUT2D eigenvalue weighted by molar-refractivity contribution is -0.140. The van der Waals surface area contributed by atoms with Crippen LogP contribution in [0.2, 0.25) is 0 Å². The average Bonchev–Trinajstić information content (AvgIpc) is 3.43. The van der Waals surface area contributed by atoms with Gasteiger partial charge in [0.1, 0.15) is 12.6 Å². The summed E-state index contributed by atoms with van der Waals surface area (Å²) in [7, 11) is -3.82. The van der Waals surface area contributed by atoms with Gasteiger partial charge in [0.2, 0.25) is 21.8 Å². The van der Waals surface area contributed by atoms with Gasteiger partial charge in [-0.05, 0) is 61.1 Å². The number of nitrogens with zero attached hydrogens (tertiary/aromatic N) is 2. The highest BCUT2D eigenvalue weighted by Gasteiger charge is 2.34. The van der Waals surface area contributed by atoms with E-state index in [0.717, 1.165) is 58.7 Å². The van der Waals surface area contributed by atoms with Crippen molar-refractivity contribution in [2.45, 2.75) is 64.6 Å². The summed E-state index contributed by atoms with van der Waals surface area (Å²) < 4.78 is 28.2. The summed E-state index contributed by atoms with van der Waals surface area (Å²) in [6.07, 6.45) is 5.37. The minimum Gasteiger partial charge on any atom is -0.352 e. The average molecular weight is 641 g/mol. The van der Waals surface area contributed by atoms with Crippen molar-refractivity contribution in [2.75, 3.05) is 17.1 Å². The van der Waals surface area contributed by atoms with Gasteiger partial charge in [0.15, 0.2) is 0 Å². The van der Waals surface area contributed by atoms with Crippen LogP contribution in [-0.4, -0.2) is 50.0 Å². The zero-order valence-corrected chi connectivity index (χ0v) is 26.2. The Hall–Kier alpha value is -3.17. The molecule has 0 heterocycles. The zero-order valence-electron chi connectivity index (χ0n) is 23.8. The molecule has 0 bridgehead atoms. The molecule has 0 radical (unpaired) electrons. The molecule has 7 nitrogen and oxygen atoms in total. The molecule has 41 heavy (non-hydrogen) atoms. The van der Waals surface area contributed by atoms with Gasteiger partial charge in [-0.1, -0.05) is 89.4 Å². The number of para-hydroxylation sites is 1. The standard InChI is InChI=1S/C32H38BrN3O4S/c1-23-11-9-12-24(2)31(23)36(41(3,39)40)22-30(37)35(21-26-15-10-16-27(33)19-26)29(20-25-13-5-4-6-14-25)32(38)34-28-17-7-8-18-28/h4-6,9-16,19,28-29H,7-8,17-18,20-22H2,1-3H3,(H,34,38). The number of benzene rings is 3. The number of rotatable bonds is 11. The third-order valence-electron chi connectivity index (χ3n) is 7.58. The van der Waals surface area contributed by atoms with Gasteiger partial charge < -0.3 is 10.2 Å². The molecule has 1 saturated carbocycles. The molecule has 1 unspecified atom stereocenters. The Balaban J connectivity index is 1.75. The lowest BCUT2D eigenvalue weighted by Gasteiger charge is -2.34. The first kappa shape index (κ1) is 30.8. The fourth-order valence-corrected chi connectivity index (χ4v) is 6.94. The van der Waals surface area contributed by atoms with E-state index in [9.17, 15) is 18.0 Å². The van der Waals surface area contributed by atoms with Crippen molar-refractivity contribution in [1.82, 2.24) is 10.2 Å². The van der Waals surface area contributed by atoms with E-state index in [1.165, 1.54) is 4.31 Å². The quantitative estimate of drug-likeness (QED) is 0.299. The number of nitrogens with one attached hydrogen (secondary N) is 1. The number of hydrogen-bond acceptors (Lipinski definition) is 4. The molecule has 3 aromatic carbocycles. The highest BCUT2D eigenvalue weighted by Crippen LogP contribution is 2.28. The van der Waals surface area contributed by atoms with Crippen LogP contribution >= 0.6 is 15.9 Å². The maximum Gasteiger partial charge on any atom is 0.244 e. The van der Waals surface area contributed by atoms with Gasteiger partial charge in [-0.25, -0.2) is 8.42 Å². The minimum atomic E-state index is -3.82. The molecule has 0 aromatic heterocycles. The molecule has 1 N–H and O–H groups in total. The van der Waals surface area contributed by atoms with E-state index in [4.69, 9.17) is 0 Å². The second-order valence-electron chi connectivity index (χ2n) is 10.9. The first-order valence-corrected chi connectivity index (χ1v) is 16.6. The normalized spacial score (nSPS) is 14.4. The Morgan fingerprint density at radius 3 is 2.15 bits per heavy atom. The molecule has 0 spiro atoms. The predicted molar refractivity (Wildman–Crippen MR) is 167 cm³/mol. The van der Waals surface area contributed by atoms with Crippen LogP contribution < -0.4 is 9.62 Å². The summed E-state index contributed by atoms with van der Waals surface area (Å²) in [4.78, 5) is 29.8. The van der Waals surface area contributed by atoms with Crippen molar-refractivity contribution in [3.05, 3.63) is 99.5 Å². The SMILES string of the molecule is Cc1cccc(C)c1N(CC(=O)N(Cc1cccc(Br)c1)C(Cc1ccccc1)C(=O)NC1CCCC1)S(C)(=O)=O. The number of hydrogen-bond donors (Lipinski definition) is 1. The fourth-order valence-electron chi connectivity index (χ4n) is 5.53. The molecule has 0 aliphatic heterocycles. The molecule has 2 amide bonds. The topological polar surface area (TPSA) is 86.8 Å². The van der Waals surface area contributed by atoms with Crippen LogP contribution in [-0.2, 0) is 32.6 Å².